The highest BCUT2D eigenvalue weighted by Gasteiger charge is 2.31. The summed E-state index contributed by atoms with van der Waals surface area (Å²) in [5.74, 6) is 0.0904. The molecular weight excluding hydrogens is 300 g/mol. The lowest BCUT2D eigenvalue weighted by Crippen LogP contribution is -2.39. The van der Waals surface area contributed by atoms with Crippen molar-refractivity contribution in [3.8, 4) is 0 Å². The Labute approximate surface area is 130 Å². The van der Waals surface area contributed by atoms with Gasteiger partial charge in [-0.15, -0.1) is 0 Å². The fourth-order valence-electron chi connectivity index (χ4n) is 2.73. The quantitative estimate of drug-likeness (QED) is 0.862. The normalized spacial score (nSPS) is 20.0. The molecular formula is C15H18N4O2S. The van der Waals surface area contributed by atoms with Gasteiger partial charge < -0.3 is 0 Å². The molecule has 0 N–H and O–H groups in total. The summed E-state index contributed by atoms with van der Waals surface area (Å²) < 4.78 is 26.9. The molecule has 0 aliphatic carbocycles. The second-order valence-corrected chi connectivity index (χ2v) is 7.41. The number of sulfonamides is 1. The average Bonchev–Trinajstić information content (AvgIpc) is 2.56. The Hall–Kier alpha value is -1.86. The second kappa shape index (κ2) is 6.10. The first-order valence-electron chi connectivity index (χ1n) is 7.26. The Morgan fingerprint density at radius 1 is 1.23 bits per heavy atom. The summed E-state index contributed by atoms with van der Waals surface area (Å²) in [6.45, 7) is 2.87. The van der Waals surface area contributed by atoms with Gasteiger partial charge in [-0.2, -0.15) is 4.31 Å². The Balaban J connectivity index is 1.84. The molecule has 0 aromatic carbocycles. The van der Waals surface area contributed by atoms with E-state index >= 15 is 0 Å². The van der Waals surface area contributed by atoms with Gasteiger partial charge in [-0.05, 0) is 31.9 Å². The molecule has 116 valence electrons. The zero-order valence-corrected chi connectivity index (χ0v) is 13.2. The first-order chi connectivity index (χ1) is 10.6. The molecule has 1 atom stereocenters. The van der Waals surface area contributed by atoms with Crippen molar-refractivity contribution in [1.29, 1.82) is 0 Å². The van der Waals surface area contributed by atoms with Crippen LogP contribution in [0, 0.1) is 6.92 Å². The largest absolute Gasteiger partial charge is 0.263 e. The number of aromatic nitrogens is 3. The lowest BCUT2D eigenvalue weighted by molar-refractivity contribution is 0.312. The SMILES string of the molecule is Cc1cncc([C@@H]2CCCN(S(=O)(=O)c3cccnc3)C2)n1. The Bertz CT molecular complexity index is 749. The summed E-state index contributed by atoms with van der Waals surface area (Å²) in [6, 6.07) is 3.22. The maximum atomic E-state index is 12.7. The van der Waals surface area contributed by atoms with Gasteiger partial charge in [0, 0.05) is 43.8 Å². The predicted molar refractivity (Wildman–Crippen MR) is 81.7 cm³/mol. The molecule has 22 heavy (non-hydrogen) atoms. The number of hydrogen-bond donors (Lipinski definition) is 0. The maximum absolute atomic E-state index is 12.7. The fourth-order valence-corrected chi connectivity index (χ4v) is 4.22. The summed E-state index contributed by atoms with van der Waals surface area (Å²) in [6.07, 6.45) is 8.15. The van der Waals surface area contributed by atoms with Crippen LogP contribution in [0.2, 0.25) is 0 Å². The van der Waals surface area contributed by atoms with Gasteiger partial charge in [-0.1, -0.05) is 0 Å². The molecule has 0 saturated carbocycles. The summed E-state index contributed by atoms with van der Waals surface area (Å²) in [4.78, 5) is 12.8. The van der Waals surface area contributed by atoms with E-state index in [1.54, 1.807) is 30.7 Å². The average molecular weight is 318 g/mol. The smallest absolute Gasteiger partial charge is 0.244 e. The molecule has 7 heteroatoms. The van der Waals surface area contributed by atoms with Gasteiger partial charge in [-0.3, -0.25) is 15.0 Å². The van der Waals surface area contributed by atoms with E-state index in [0.29, 0.717) is 13.1 Å². The van der Waals surface area contributed by atoms with E-state index in [9.17, 15) is 8.42 Å². The van der Waals surface area contributed by atoms with Crippen LogP contribution in [0.5, 0.6) is 0 Å². The first-order valence-corrected chi connectivity index (χ1v) is 8.70. The van der Waals surface area contributed by atoms with Crippen LogP contribution in [0.1, 0.15) is 30.1 Å². The third-order valence-corrected chi connectivity index (χ3v) is 5.70. The highest BCUT2D eigenvalue weighted by molar-refractivity contribution is 7.89. The van der Waals surface area contributed by atoms with Crippen LogP contribution in [0.3, 0.4) is 0 Å². The number of hydrogen-bond acceptors (Lipinski definition) is 5. The van der Waals surface area contributed by atoms with E-state index in [0.717, 1.165) is 24.2 Å². The van der Waals surface area contributed by atoms with Gasteiger partial charge in [0.15, 0.2) is 0 Å². The van der Waals surface area contributed by atoms with E-state index in [1.165, 1.54) is 10.5 Å². The molecule has 3 heterocycles. The van der Waals surface area contributed by atoms with Crippen LogP contribution in [0.4, 0.5) is 0 Å². The Morgan fingerprint density at radius 3 is 2.82 bits per heavy atom. The third-order valence-electron chi connectivity index (χ3n) is 3.85. The van der Waals surface area contributed by atoms with E-state index in [2.05, 4.69) is 15.0 Å². The number of aryl methyl sites for hydroxylation is 1. The van der Waals surface area contributed by atoms with Crippen LogP contribution >= 0.6 is 0 Å². The summed E-state index contributed by atoms with van der Waals surface area (Å²) >= 11 is 0. The molecule has 1 aliphatic rings. The van der Waals surface area contributed by atoms with Crippen molar-refractivity contribution in [3.05, 3.63) is 48.3 Å². The molecule has 0 radical (unpaired) electrons. The second-order valence-electron chi connectivity index (χ2n) is 5.48. The number of nitrogens with zero attached hydrogens (tertiary/aromatic N) is 4. The lowest BCUT2D eigenvalue weighted by atomic mass is 9.96. The van der Waals surface area contributed by atoms with Gasteiger partial charge in [0.1, 0.15) is 4.90 Å². The predicted octanol–water partition coefficient (Wildman–Crippen LogP) is 1.75. The minimum absolute atomic E-state index is 0.0904. The third kappa shape index (κ3) is 3.00. The molecule has 3 rings (SSSR count). The number of pyridine rings is 1. The molecule has 1 aliphatic heterocycles. The van der Waals surface area contributed by atoms with Gasteiger partial charge in [0.2, 0.25) is 10.0 Å². The fraction of sp³-hybridized carbons (Fsp3) is 0.400. The summed E-state index contributed by atoms with van der Waals surface area (Å²) in [5.41, 5.74) is 1.72. The Kier molecular flexibility index (Phi) is 4.17. The van der Waals surface area contributed by atoms with E-state index in [4.69, 9.17) is 0 Å². The standard InChI is InChI=1S/C15H18N4O2S/c1-12-8-17-10-15(18-12)13-4-3-7-19(11-13)22(20,21)14-5-2-6-16-9-14/h2,5-6,8-10,13H,3-4,7,11H2,1H3/t13-/m1/s1. The number of piperidine rings is 1. The van der Waals surface area contributed by atoms with Crippen molar-refractivity contribution in [2.24, 2.45) is 0 Å². The van der Waals surface area contributed by atoms with Gasteiger partial charge in [-0.25, -0.2) is 8.42 Å². The molecule has 1 fully saturated rings. The Morgan fingerprint density at radius 2 is 2.09 bits per heavy atom. The topological polar surface area (TPSA) is 76.1 Å². The molecule has 0 amide bonds. The maximum Gasteiger partial charge on any atom is 0.244 e. The van der Waals surface area contributed by atoms with Gasteiger partial charge >= 0.3 is 0 Å². The minimum atomic E-state index is -3.49. The molecule has 0 spiro atoms. The van der Waals surface area contributed by atoms with Crippen molar-refractivity contribution >= 4 is 10.0 Å². The zero-order valence-electron chi connectivity index (χ0n) is 12.4. The van der Waals surface area contributed by atoms with Crippen molar-refractivity contribution in [2.45, 2.75) is 30.6 Å². The highest BCUT2D eigenvalue weighted by atomic mass is 32.2. The van der Waals surface area contributed by atoms with Crippen molar-refractivity contribution in [1.82, 2.24) is 19.3 Å². The zero-order chi connectivity index (χ0) is 15.6. The van der Waals surface area contributed by atoms with E-state index < -0.39 is 10.0 Å². The van der Waals surface area contributed by atoms with Crippen LogP contribution < -0.4 is 0 Å². The summed E-state index contributed by atoms with van der Waals surface area (Å²) in [7, 11) is -3.49. The van der Waals surface area contributed by atoms with Crippen LogP contribution in [-0.2, 0) is 10.0 Å². The van der Waals surface area contributed by atoms with Crippen molar-refractivity contribution in [3.63, 3.8) is 0 Å². The minimum Gasteiger partial charge on any atom is -0.263 e. The molecule has 2 aromatic heterocycles. The molecule has 0 unspecified atom stereocenters. The molecule has 2 aromatic rings. The summed E-state index contributed by atoms with van der Waals surface area (Å²) in [5, 5.41) is 0. The first kappa shape index (κ1) is 15.1. The van der Waals surface area contributed by atoms with E-state index in [-0.39, 0.29) is 10.8 Å². The molecule has 6 nitrogen and oxygen atoms in total. The van der Waals surface area contributed by atoms with Crippen LogP contribution in [0.15, 0.2) is 41.8 Å². The lowest BCUT2D eigenvalue weighted by Gasteiger charge is -2.31. The van der Waals surface area contributed by atoms with Crippen molar-refractivity contribution in [2.75, 3.05) is 13.1 Å². The molecule has 1 saturated heterocycles. The highest BCUT2D eigenvalue weighted by Crippen LogP contribution is 2.28. The van der Waals surface area contributed by atoms with Gasteiger partial charge in [0.25, 0.3) is 0 Å². The van der Waals surface area contributed by atoms with Crippen molar-refractivity contribution < 1.29 is 8.42 Å². The van der Waals surface area contributed by atoms with Crippen LogP contribution in [0.25, 0.3) is 0 Å². The van der Waals surface area contributed by atoms with Gasteiger partial charge in [0.05, 0.1) is 11.4 Å². The monoisotopic (exact) mass is 318 g/mol. The molecule has 0 bridgehead atoms. The van der Waals surface area contributed by atoms with Crippen LogP contribution in [-0.4, -0.2) is 40.8 Å². The number of rotatable bonds is 3. The van der Waals surface area contributed by atoms with E-state index in [1.807, 2.05) is 6.92 Å².